The predicted molar refractivity (Wildman–Crippen MR) is 81.7 cm³/mol. The molecule has 0 aliphatic rings. The molecule has 0 saturated heterocycles. The molecule has 0 unspecified atom stereocenters. The van der Waals surface area contributed by atoms with Gasteiger partial charge in [0, 0.05) is 12.6 Å². The van der Waals surface area contributed by atoms with Crippen molar-refractivity contribution in [1.82, 2.24) is 10.5 Å². The molecule has 0 fully saturated rings. The Morgan fingerprint density at radius 3 is 2.52 bits per heavy atom. The number of amides is 1. The van der Waals surface area contributed by atoms with Gasteiger partial charge in [0.05, 0.1) is 11.8 Å². The average Bonchev–Trinajstić information content (AvgIpc) is 3.25. The Balaban J connectivity index is 1.53. The number of carbonyl (C=O) groups excluding carboxylic acids is 1. The van der Waals surface area contributed by atoms with E-state index in [0.29, 0.717) is 23.5 Å². The summed E-state index contributed by atoms with van der Waals surface area (Å²) in [5.41, 5.74) is 0.0804. The molecule has 0 aliphatic heterocycles. The van der Waals surface area contributed by atoms with Gasteiger partial charge in [-0.15, -0.1) is 0 Å². The maximum atomic E-state index is 12.5. The molecule has 130 valence electrons. The number of hydrogen-bond donors (Lipinski definition) is 1. The summed E-state index contributed by atoms with van der Waals surface area (Å²) < 4.78 is 47.6. The van der Waals surface area contributed by atoms with E-state index in [1.807, 2.05) is 0 Å². The highest BCUT2D eigenvalue weighted by molar-refractivity contribution is 5.92. The first-order chi connectivity index (χ1) is 11.9. The number of nitrogens with zero attached hydrogens (tertiary/aromatic N) is 1. The van der Waals surface area contributed by atoms with Crippen LogP contribution in [0.25, 0.3) is 11.5 Å². The summed E-state index contributed by atoms with van der Waals surface area (Å²) in [4.78, 5) is 12.0. The number of furan rings is 1. The normalized spacial score (nSPS) is 11.5. The maximum absolute atomic E-state index is 12.5. The molecule has 0 atom stereocenters. The summed E-state index contributed by atoms with van der Waals surface area (Å²) in [6.45, 7) is 0.257. The molecule has 0 saturated carbocycles. The Labute approximate surface area is 140 Å². The number of hydrogen-bond acceptors (Lipinski definition) is 4. The van der Waals surface area contributed by atoms with Crippen LogP contribution in [0.5, 0.6) is 0 Å². The van der Waals surface area contributed by atoms with E-state index < -0.39 is 17.6 Å². The van der Waals surface area contributed by atoms with E-state index in [2.05, 4.69) is 10.5 Å². The highest BCUT2D eigenvalue weighted by atomic mass is 19.4. The highest BCUT2D eigenvalue weighted by Gasteiger charge is 2.29. The topological polar surface area (TPSA) is 68.3 Å². The lowest BCUT2D eigenvalue weighted by molar-refractivity contribution is -0.137. The van der Waals surface area contributed by atoms with Gasteiger partial charge in [-0.2, -0.15) is 13.2 Å². The molecule has 0 bridgehead atoms. The van der Waals surface area contributed by atoms with Gasteiger partial charge in [-0.1, -0.05) is 17.3 Å². The molecule has 0 spiro atoms. The number of benzene rings is 1. The zero-order valence-electron chi connectivity index (χ0n) is 12.8. The minimum atomic E-state index is -4.36. The molecule has 8 heteroatoms. The first kappa shape index (κ1) is 16.8. The van der Waals surface area contributed by atoms with E-state index in [1.165, 1.54) is 24.5 Å². The standard InChI is InChI=1S/C17H13F3N2O3/c18-17(19,20)12-5-3-11(4-6-12)7-8-21-16(23)13-10-15(25-22-13)14-2-1-9-24-14/h1-6,9-10H,7-8H2,(H,21,23). The van der Waals surface area contributed by atoms with Crippen LogP contribution in [-0.4, -0.2) is 17.6 Å². The SMILES string of the molecule is O=C(NCCc1ccc(C(F)(F)F)cc1)c1cc(-c2ccco2)on1. The summed E-state index contributed by atoms with van der Waals surface area (Å²) in [7, 11) is 0. The molecule has 1 amide bonds. The Kier molecular flexibility index (Phi) is 4.60. The van der Waals surface area contributed by atoms with Gasteiger partial charge in [-0.25, -0.2) is 0 Å². The summed E-state index contributed by atoms with van der Waals surface area (Å²) in [5, 5.41) is 6.30. The quantitative estimate of drug-likeness (QED) is 0.757. The van der Waals surface area contributed by atoms with Crippen LogP contribution in [0, 0.1) is 0 Å². The molecule has 3 aromatic rings. The average molecular weight is 350 g/mol. The first-order valence-electron chi connectivity index (χ1n) is 7.38. The van der Waals surface area contributed by atoms with E-state index in [9.17, 15) is 18.0 Å². The minimum Gasteiger partial charge on any atom is -0.461 e. The molecule has 1 aromatic carbocycles. The maximum Gasteiger partial charge on any atom is 0.416 e. The van der Waals surface area contributed by atoms with Gasteiger partial charge in [0.15, 0.2) is 11.5 Å². The van der Waals surface area contributed by atoms with Gasteiger partial charge in [0.2, 0.25) is 5.76 Å². The lowest BCUT2D eigenvalue weighted by atomic mass is 10.1. The second-order valence-electron chi connectivity index (χ2n) is 5.25. The third kappa shape index (κ3) is 4.09. The zero-order chi connectivity index (χ0) is 17.9. The lowest BCUT2D eigenvalue weighted by Crippen LogP contribution is -2.25. The summed E-state index contributed by atoms with van der Waals surface area (Å²) >= 11 is 0. The zero-order valence-corrected chi connectivity index (χ0v) is 12.8. The highest BCUT2D eigenvalue weighted by Crippen LogP contribution is 2.29. The molecule has 5 nitrogen and oxygen atoms in total. The van der Waals surface area contributed by atoms with Gasteiger partial charge in [-0.3, -0.25) is 4.79 Å². The van der Waals surface area contributed by atoms with Crippen molar-refractivity contribution in [1.29, 1.82) is 0 Å². The van der Waals surface area contributed by atoms with Gasteiger partial charge < -0.3 is 14.3 Å². The van der Waals surface area contributed by atoms with Crippen LogP contribution in [-0.2, 0) is 12.6 Å². The summed E-state index contributed by atoms with van der Waals surface area (Å²) in [6.07, 6.45) is -2.49. The number of nitrogens with one attached hydrogen (secondary N) is 1. The predicted octanol–water partition coefficient (Wildman–Crippen LogP) is 3.93. The number of carbonyl (C=O) groups is 1. The van der Waals surface area contributed by atoms with Crippen molar-refractivity contribution < 1.29 is 26.9 Å². The van der Waals surface area contributed by atoms with Crippen LogP contribution in [0.3, 0.4) is 0 Å². The third-order valence-corrected chi connectivity index (χ3v) is 3.49. The van der Waals surface area contributed by atoms with Crippen LogP contribution in [0.1, 0.15) is 21.6 Å². The van der Waals surface area contributed by atoms with Crippen LogP contribution < -0.4 is 5.32 Å². The van der Waals surface area contributed by atoms with Crippen LogP contribution in [0.2, 0.25) is 0 Å². The van der Waals surface area contributed by atoms with Crippen molar-refractivity contribution in [3.05, 3.63) is 65.5 Å². The second-order valence-corrected chi connectivity index (χ2v) is 5.25. The number of halogens is 3. The van der Waals surface area contributed by atoms with Crippen LogP contribution >= 0.6 is 0 Å². The lowest BCUT2D eigenvalue weighted by Gasteiger charge is -2.08. The van der Waals surface area contributed by atoms with Crippen LogP contribution in [0.4, 0.5) is 13.2 Å². The van der Waals surface area contributed by atoms with E-state index >= 15 is 0 Å². The number of rotatable bonds is 5. The monoisotopic (exact) mass is 350 g/mol. The van der Waals surface area contributed by atoms with Crippen molar-refractivity contribution in [2.75, 3.05) is 6.54 Å². The molecule has 1 N–H and O–H groups in total. The third-order valence-electron chi connectivity index (χ3n) is 3.49. The van der Waals surface area contributed by atoms with Crippen molar-refractivity contribution in [3.63, 3.8) is 0 Å². The summed E-state index contributed by atoms with van der Waals surface area (Å²) in [5.74, 6) is 0.350. The molecule has 0 radical (unpaired) electrons. The van der Waals surface area contributed by atoms with Gasteiger partial charge >= 0.3 is 6.18 Å². The van der Waals surface area contributed by atoms with E-state index in [-0.39, 0.29) is 12.2 Å². The molecule has 2 heterocycles. The fourth-order valence-electron chi connectivity index (χ4n) is 2.19. The molecular formula is C17H13F3N2O3. The molecule has 25 heavy (non-hydrogen) atoms. The van der Waals surface area contributed by atoms with Gasteiger partial charge in [-0.05, 0) is 36.2 Å². The molecular weight excluding hydrogens is 337 g/mol. The molecule has 2 aromatic heterocycles. The van der Waals surface area contributed by atoms with E-state index in [0.717, 1.165) is 12.1 Å². The molecule has 3 rings (SSSR count). The Morgan fingerprint density at radius 1 is 1.12 bits per heavy atom. The van der Waals surface area contributed by atoms with Crippen molar-refractivity contribution in [2.45, 2.75) is 12.6 Å². The van der Waals surface area contributed by atoms with Crippen molar-refractivity contribution in [3.8, 4) is 11.5 Å². The Bertz CT molecular complexity index is 837. The van der Waals surface area contributed by atoms with E-state index in [4.69, 9.17) is 8.94 Å². The van der Waals surface area contributed by atoms with E-state index in [1.54, 1.807) is 12.1 Å². The second kappa shape index (κ2) is 6.84. The van der Waals surface area contributed by atoms with Crippen LogP contribution in [0.15, 0.2) is 57.7 Å². The Morgan fingerprint density at radius 2 is 1.88 bits per heavy atom. The largest absolute Gasteiger partial charge is 0.461 e. The fourth-order valence-corrected chi connectivity index (χ4v) is 2.19. The minimum absolute atomic E-state index is 0.0961. The number of alkyl halides is 3. The van der Waals surface area contributed by atoms with Gasteiger partial charge in [0.1, 0.15) is 0 Å². The fraction of sp³-hybridized carbons (Fsp3) is 0.176. The smallest absolute Gasteiger partial charge is 0.416 e. The first-order valence-corrected chi connectivity index (χ1v) is 7.38. The Hall–Kier alpha value is -3.03. The van der Waals surface area contributed by atoms with Crippen molar-refractivity contribution >= 4 is 5.91 Å². The summed E-state index contributed by atoms with van der Waals surface area (Å²) in [6, 6.07) is 9.62. The molecule has 0 aliphatic carbocycles. The number of aromatic nitrogens is 1. The van der Waals surface area contributed by atoms with Crippen molar-refractivity contribution in [2.24, 2.45) is 0 Å². The van der Waals surface area contributed by atoms with Gasteiger partial charge in [0.25, 0.3) is 5.91 Å².